The molecule has 1 aromatic heterocycles. The van der Waals surface area contributed by atoms with Crippen LogP contribution in [-0.2, 0) is 11.3 Å². The highest BCUT2D eigenvalue weighted by atomic mass is 16.5. The summed E-state index contributed by atoms with van der Waals surface area (Å²) in [5.41, 5.74) is 2.79. The number of methoxy groups -OCH3 is 1. The number of nitrogens with one attached hydrogen (secondary N) is 2. The number of anilines is 1. The highest BCUT2D eigenvalue weighted by molar-refractivity contribution is 5.97. The van der Waals surface area contributed by atoms with Crippen molar-refractivity contribution in [3.05, 3.63) is 59.3 Å². The number of aromatic nitrogens is 2. The third kappa shape index (κ3) is 7.92. The van der Waals surface area contributed by atoms with Gasteiger partial charge in [-0.05, 0) is 75.8 Å². The average molecular weight is 558 g/mol. The fraction of sp³-hybridized carbons (Fsp3) is 0.452. The van der Waals surface area contributed by atoms with Crippen molar-refractivity contribution in [2.24, 2.45) is 0 Å². The minimum absolute atomic E-state index is 0.167. The van der Waals surface area contributed by atoms with Gasteiger partial charge in [-0.2, -0.15) is 5.26 Å². The molecule has 216 valence electrons. The summed E-state index contributed by atoms with van der Waals surface area (Å²) >= 11 is 0. The van der Waals surface area contributed by atoms with Crippen LogP contribution >= 0.6 is 0 Å². The third-order valence-electron chi connectivity index (χ3n) is 7.17. The van der Waals surface area contributed by atoms with Crippen LogP contribution in [0.4, 0.5) is 5.82 Å². The summed E-state index contributed by atoms with van der Waals surface area (Å²) in [6.07, 6.45) is 5.08. The lowest BCUT2D eigenvalue weighted by Crippen LogP contribution is -2.32. The predicted octanol–water partition coefficient (Wildman–Crippen LogP) is 3.62. The molecule has 0 bridgehead atoms. The van der Waals surface area contributed by atoms with Crippen LogP contribution in [0.15, 0.2) is 42.5 Å². The van der Waals surface area contributed by atoms with Crippen molar-refractivity contribution in [1.82, 2.24) is 25.5 Å². The van der Waals surface area contributed by atoms with E-state index in [1.54, 1.807) is 25.3 Å². The first-order valence-corrected chi connectivity index (χ1v) is 14.2. The highest BCUT2D eigenvalue weighted by Gasteiger charge is 2.29. The molecule has 2 N–H and O–H groups in total. The SMILES string of the molecule is COc1cccc(CNC(=O)C(C#N)c2nc3ccc(C(=O)NCCCN(C)C)cc3nc2N2CCCCCC2)c1. The van der Waals surface area contributed by atoms with Gasteiger partial charge >= 0.3 is 0 Å². The quantitative estimate of drug-likeness (QED) is 0.343. The number of amides is 2. The number of carbonyl (C=O) groups excluding carboxylic acids is 2. The van der Waals surface area contributed by atoms with E-state index in [4.69, 9.17) is 14.7 Å². The van der Waals surface area contributed by atoms with Gasteiger partial charge in [0, 0.05) is 31.7 Å². The van der Waals surface area contributed by atoms with Crippen LogP contribution in [0.1, 0.15) is 59.6 Å². The molecule has 0 aliphatic carbocycles. The second kappa shape index (κ2) is 14.4. The lowest BCUT2D eigenvalue weighted by Gasteiger charge is -2.25. The first-order valence-electron chi connectivity index (χ1n) is 14.2. The van der Waals surface area contributed by atoms with Gasteiger partial charge in [0.2, 0.25) is 5.91 Å². The normalized spacial score (nSPS) is 14.3. The molecule has 1 unspecified atom stereocenters. The van der Waals surface area contributed by atoms with E-state index in [0.29, 0.717) is 40.4 Å². The number of ether oxygens (including phenoxy) is 1. The number of nitrogens with zero attached hydrogens (tertiary/aromatic N) is 5. The summed E-state index contributed by atoms with van der Waals surface area (Å²) in [6.45, 7) is 3.25. The van der Waals surface area contributed by atoms with E-state index in [0.717, 1.165) is 57.3 Å². The maximum atomic E-state index is 13.3. The van der Waals surface area contributed by atoms with E-state index in [2.05, 4.69) is 26.5 Å². The molecule has 10 heteroatoms. The van der Waals surface area contributed by atoms with Gasteiger partial charge in [0.1, 0.15) is 11.4 Å². The van der Waals surface area contributed by atoms with Gasteiger partial charge in [0.25, 0.3) is 5.91 Å². The minimum atomic E-state index is -1.14. The van der Waals surface area contributed by atoms with Crippen molar-refractivity contribution < 1.29 is 14.3 Å². The lowest BCUT2D eigenvalue weighted by atomic mass is 10.0. The van der Waals surface area contributed by atoms with Crippen LogP contribution in [0.2, 0.25) is 0 Å². The molecular weight excluding hydrogens is 518 g/mol. The maximum Gasteiger partial charge on any atom is 0.251 e. The van der Waals surface area contributed by atoms with E-state index < -0.39 is 11.8 Å². The van der Waals surface area contributed by atoms with E-state index in [1.807, 2.05) is 38.4 Å². The summed E-state index contributed by atoms with van der Waals surface area (Å²) in [5.74, 6) is -0.520. The lowest BCUT2D eigenvalue weighted by molar-refractivity contribution is -0.121. The summed E-state index contributed by atoms with van der Waals surface area (Å²) in [6, 6.07) is 14.8. The van der Waals surface area contributed by atoms with Crippen molar-refractivity contribution in [2.45, 2.75) is 44.6 Å². The Bertz CT molecular complexity index is 1390. The molecule has 4 rings (SSSR count). The number of hydrogen-bond donors (Lipinski definition) is 2. The van der Waals surface area contributed by atoms with Crippen LogP contribution in [0, 0.1) is 11.3 Å². The Kier molecular flexibility index (Phi) is 10.5. The van der Waals surface area contributed by atoms with Crippen LogP contribution in [0.3, 0.4) is 0 Å². The fourth-order valence-electron chi connectivity index (χ4n) is 4.93. The molecule has 1 saturated heterocycles. The molecule has 0 saturated carbocycles. The van der Waals surface area contributed by atoms with E-state index in [1.165, 1.54) is 0 Å². The van der Waals surface area contributed by atoms with Gasteiger partial charge in [-0.25, -0.2) is 9.97 Å². The number of carbonyl (C=O) groups is 2. The van der Waals surface area contributed by atoms with E-state index in [9.17, 15) is 14.9 Å². The van der Waals surface area contributed by atoms with Crippen molar-refractivity contribution in [2.75, 3.05) is 52.3 Å². The van der Waals surface area contributed by atoms with Gasteiger partial charge < -0.3 is 25.2 Å². The highest BCUT2D eigenvalue weighted by Crippen LogP contribution is 2.29. The molecule has 2 aromatic carbocycles. The zero-order valence-corrected chi connectivity index (χ0v) is 24.2. The summed E-state index contributed by atoms with van der Waals surface area (Å²) < 4.78 is 5.27. The number of benzene rings is 2. The Morgan fingerprint density at radius 1 is 1.05 bits per heavy atom. The molecule has 2 heterocycles. The Morgan fingerprint density at radius 3 is 2.54 bits per heavy atom. The number of rotatable bonds is 11. The Labute approximate surface area is 241 Å². The van der Waals surface area contributed by atoms with Crippen LogP contribution in [0.25, 0.3) is 11.0 Å². The largest absolute Gasteiger partial charge is 0.497 e. The topological polar surface area (TPSA) is 123 Å². The zero-order chi connectivity index (χ0) is 29.2. The van der Waals surface area contributed by atoms with Crippen LogP contribution in [-0.4, -0.2) is 74.1 Å². The molecule has 0 spiro atoms. The van der Waals surface area contributed by atoms with Crippen molar-refractivity contribution in [1.29, 1.82) is 5.26 Å². The first-order chi connectivity index (χ1) is 19.9. The van der Waals surface area contributed by atoms with E-state index >= 15 is 0 Å². The van der Waals surface area contributed by atoms with Crippen molar-refractivity contribution in [3.8, 4) is 11.8 Å². The monoisotopic (exact) mass is 557 g/mol. The Morgan fingerprint density at radius 2 is 1.83 bits per heavy atom. The summed E-state index contributed by atoms with van der Waals surface area (Å²) in [7, 11) is 5.59. The molecule has 10 nitrogen and oxygen atoms in total. The molecule has 41 heavy (non-hydrogen) atoms. The number of nitriles is 1. The smallest absolute Gasteiger partial charge is 0.251 e. The summed E-state index contributed by atoms with van der Waals surface area (Å²) in [4.78, 5) is 40.1. The maximum absolute atomic E-state index is 13.3. The fourth-order valence-corrected chi connectivity index (χ4v) is 4.93. The zero-order valence-electron chi connectivity index (χ0n) is 24.2. The standard InChI is InChI=1S/C31H39N7O3/c1-37(2)15-9-14-33-30(39)23-12-13-26-27(19-23)36-29(38-16-6-4-5-7-17-38)28(35-26)25(20-32)31(40)34-21-22-10-8-11-24(18-22)41-3/h8,10-13,18-19,25H,4-7,9,14-17,21H2,1-3H3,(H,33,39)(H,34,40). The van der Waals surface area contributed by atoms with E-state index in [-0.39, 0.29) is 12.5 Å². The van der Waals surface area contributed by atoms with Crippen molar-refractivity contribution >= 4 is 28.7 Å². The minimum Gasteiger partial charge on any atom is -0.497 e. The molecule has 1 fully saturated rings. The van der Waals surface area contributed by atoms with Gasteiger partial charge in [-0.1, -0.05) is 25.0 Å². The number of hydrogen-bond acceptors (Lipinski definition) is 8. The number of fused-ring (bicyclic) bond motifs is 1. The molecule has 1 aliphatic rings. The van der Waals surface area contributed by atoms with Gasteiger partial charge in [0.15, 0.2) is 11.7 Å². The van der Waals surface area contributed by atoms with Gasteiger partial charge in [0.05, 0.1) is 24.2 Å². The second-order valence-corrected chi connectivity index (χ2v) is 10.6. The van der Waals surface area contributed by atoms with Crippen LogP contribution < -0.4 is 20.3 Å². The first kappa shape index (κ1) is 29.7. The van der Waals surface area contributed by atoms with Crippen LogP contribution in [0.5, 0.6) is 5.75 Å². The summed E-state index contributed by atoms with van der Waals surface area (Å²) in [5, 5.41) is 16.0. The molecule has 3 aromatic rings. The molecule has 1 atom stereocenters. The van der Waals surface area contributed by atoms with Crippen molar-refractivity contribution in [3.63, 3.8) is 0 Å². The third-order valence-corrected chi connectivity index (χ3v) is 7.17. The van der Waals surface area contributed by atoms with Gasteiger partial charge in [-0.3, -0.25) is 9.59 Å². The molecule has 0 radical (unpaired) electrons. The molecule has 1 aliphatic heterocycles. The molecule has 2 amide bonds. The predicted molar refractivity (Wildman–Crippen MR) is 159 cm³/mol. The second-order valence-electron chi connectivity index (χ2n) is 10.6. The van der Waals surface area contributed by atoms with Gasteiger partial charge in [-0.15, -0.1) is 0 Å². The Balaban J connectivity index is 1.62. The Hall–Kier alpha value is -4.23. The molecular formula is C31H39N7O3. The average Bonchev–Trinajstić information content (AvgIpc) is 3.27.